The Hall–Kier alpha value is -0.820. The SMILES string of the molecule is CC1Cc2ccccc2CC1N. The molecule has 0 spiro atoms. The standard InChI is InChI=1S/C11H15N/c1-8-6-9-4-2-3-5-10(9)7-11(8)12/h2-5,8,11H,6-7,12H2,1H3. The third kappa shape index (κ3) is 1.25. The molecule has 0 saturated heterocycles. The van der Waals surface area contributed by atoms with Gasteiger partial charge < -0.3 is 5.73 Å². The summed E-state index contributed by atoms with van der Waals surface area (Å²) in [6.45, 7) is 2.24. The second-order valence-corrected chi connectivity index (χ2v) is 3.82. The average molecular weight is 161 g/mol. The fourth-order valence-electron chi connectivity index (χ4n) is 1.91. The van der Waals surface area contributed by atoms with E-state index in [1.807, 2.05) is 0 Å². The van der Waals surface area contributed by atoms with Gasteiger partial charge in [0.1, 0.15) is 0 Å². The summed E-state index contributed by atoms with van der Waals surface area (Å²) in [5.74, 6) is 0.639. The minimum atomic E-state index is 0.361. The maximum atomic E-state index is 5.99. The Kier molecular flexibility index (Phi) is 1.89. The molecule has 64 valence electrons. The van der Waals surface area contributed by atoms with Gasteiger partial charge in [-0.25, -0.2) is 0 Å². The molecule has 2 unspecified atom stereocenters. The molecule has 0 saturated carbocycles. The molecule has 0 heterocycles. The number of nitrogens with two attached hydrogens (primary N) is 1. The van der Waals surface area contributed by atoms with E-state index < -0.39 is 0 Å². The summed E-state index contributed by atoms with van der Waals surface area (Å²) in [6.07, 6.45) is 2.20. The maximum absolute atomic E-state index is 5.99. The van der Waals surface area contributed by atoms with E-state index in [1.54, 1.807) is 0 Å². The van der Waals surface area contributed by atoms with Crippen LogP contribution in [-0.4, -0.2) is 6.04 Å². The van der Waals surface area contributed by atoms with Crippen molar-refractivity contribution in [3.05, 3.63) is 35.4 Å². The summed E-state index contributed by atoms with van der Waals surface area (Å²) < 4.78 is 0. The van der Waals surface area contributed by atoms with Crippen LogP contribution in [0.3, 0.4) is 0 Å². The largest absolute Gasteiger partial charge is 0.327 e. The average Bonchev–Trinajstić information content (AvgIpc) is 2.07. The number of rotatable bonds is 0. The summed E-state index contributed by atoms with van der Waals surface area (Å²) in [5, 5.41) is 0. The molecule has 0 bridgehead atoms. The Labute approximate surface area is 73.6 Å². The van der Waals surface area contributed by atoms with Gasteiger partial charge in [0.05, 0.1) is 0 Å². The summed E-state index contributed by atoms with van der Waals surface area (Å²) in [6, 6.07) is 8.99. The van der Waals surface area contributed by atoms with Gasteiger partial charge in [0.15, 0.2) is 0 Å². The molecule has 0 aliphatic heterocycles. The maximum Gasteiger partial charge on any atom is 0.0108 e. The Bertz CT molecular complexity index is 251. The number of hydrogen-bond acceptors (Lipinski definition) is 1. The van der Waals surface area contributed by atoms with Gasteiger partial charge in [0, 0.05) is 6.04 Å². The molecular weight excluding hydrogens is 146 g/mol. The molecule has 1 aliphatic carbocycles. The predicted octanol–water partition coefficient (Wildman–Crippen LogP) is 1.75. The Morgan fingerprint density at radius 2 is 1.75 bits per heavy atom. The van der Waals surface area contributed by atoms with Gasteiger partial charge in [0.25, 0.3) is 0 Å². The lowest BCUT2D eigenvalue weighted by atomic mass is 9.82. The minimum absolute atomic E-state index is 0.361. The van der Waals surface area contributed by atoms with E-state index in [9.17, 15) is 0 Å². The van der Waals surface area contributed by atoms with Crippen LogP contribution < -0.4 is 5.73 Å². The number of benzene rings is 1. The van der Waals surface area contributed by atoms with Gasteiger partial charge in [-0.3, -0.25) is 0 Å². The molecule has 1 aromatic carbocycles. The van der Waals surface area contributed by atoms with Crippen LogP contribution in [0.1, 0.15) is 18.1 Å². The minimum Gasteiger partial charge on any atom is -0.327 e. The van der Waals surface area contributed by atoms with Crippen molar-refractivity contribution in [3.8, 4) is 0 Å². The van der Waals surface area contributed by atoms with E-state index in [0.29, 0.717) is 12.0 Å². The third-order valence-corrected chi connectivity index (χ3v) is 2.85. The Morgan fingerprint density at radius 3 is 2.42 bits per heavy atom. The lowest BCUT2D eigenvalue weighted by Crippen LogP contribution is -2.35. The molecule has 1 nitrogen and oxygen atoms in total. The zero-order chi connectivity index (χ0) is 8.55. The highest BCUT2D eigenvalue weighted by Crippen LogP contribution is 2.23. The quantitative estimate of drug-likeness (QED) is 0.616. The van der Waals surface area contributed by atoms with Gasteiger partial charge in [-0.2, -0.15) is 0 Å². The van der Waals surface area contributed by atoms with Gasteiger partial charge >= 0.3 is 0 Å². The van der Waals surface area contributed by atoms with Crippen LogP contribution in [0.2, 0.25) is 0 Å². The van der Waals surface area contributed by atoms with Crippen molar-refractivity contribution in [2.45, 2.75) is 25.8 Å². The highest BCUT2D eigenvalue weighted by molar-refractivity contribution is 5.30. The summed E-state index contributed by atoms with van der Waals surface area (Å²) in [7, 11) is 0. The second-order valence-electron chi connectivity index (χ2n) is 3.82. The number of fused-ring (bicyclic) bond motifs is 1. The van der Waals surface area contributed by atoms with E-state index in [2.05, 4.69) is 31.2 Å². The third-order valence-electron chi connectivity index (χ3n) is 2.85. The highest BCUT2D eigenvalue weighted by atomic mass is 14.6. The van der Waals surface area contributed by atoms with Crippen LogP contribution in [-0.2, 0) is 12.8 Å². The van der Waals surface area contributed by atoms with Crippen LogP contribution in [0.5, 0.6) is 0 Å². The summed E-state index contributed by atoms with van der Waals surface area (Å²) in [5.41, 5.74) is 8.93. The van der Waals surface area contributed by atoms with Crippen LogP contribution in [0.25, 0.3) is 0 Å². The smallest absolute Gasteiger partial charge is 0.0108 e. The van der Waals surface area contributed by atoms with Gasteiger partial charge in [0.2, 0.25) is 0 Å². The van der Waals surface area contributed by atoms with Crippen LogP contribution >= 0.6 is 0 Å². The zero-order valence-electron chi connectivity index (χ0n) is 7.46. The first kappa shape index (κ1) is 7.81. The highest BCUT2D eigenvalue weighted by Gasteiger charge is 2.21. The van der Waals surface area contributed by atoms with Crippen LogP contribution in [0.4, 0.5) is 0 Å². The van der Waals surface area contributed by atoms with Crippen molar-refractivity contribution < 1.29 is 0 Å². The zero-order valence-corrected chi connectivity index (χ0v) is 7.46. The van der Waals surface area contributed by atoms with E-state index in [0.717, 1.165) is 12.8 Å². The molecule has 0 fully saturated rings. The van der Waals surface area contributed by atoms with E-state index in [1.165, 1.54) is 11.1 Å². The summed E-state index contributed by atoms with van der Waals surface area (Å²) in [4.78, 5) is 0. The van der Waals surface area contributed by atoms with Crippen molar-refractivity contribution in [3.63, 3.8) is 0 Å². The normalized spacial score (nSPS) is 28.2. The topological polar surface area (TPSA) is 26.0 Å². The lowest BCUT2D eigenvalue weighted by molar-refractivity contribution is 0.426. The first-order chi connectivity index (χ1) is 5.77. The summed E-state index contributed by atoms with van der Waals surface area (Å²) >= 11 is 0. The van der Waals surface area contributed by atoms with E-state index in [-0.39, 0.29) is 0 Å². The van der Waals surface area contributed by atoms with Gasteiger partial charge in [-0.15, -0.1) is 0 Å². The molecule has 1 aliphatic rings. The first-order valence-electron chi connectivity index (χ1n) is 4.59. The molecular formula is C11H15N. The molecule has 2 rings (SSSR count). The van der Waals surface area contributed by atoms with Gasteiger partial charge in [-0.05, 0) is 29.9 Å². The molecule has 0 aromatic heterocycles. The fraction of sp³-hybridized carbons (Fsp3) is 0.455. The van der Waals surface area contributed by atoms with Crippen LogP contribution in [0.15, 0.2) is 24.3 Å². The predicted molar refractivity (Wildman–Crippen MR) is 51.0 cm³/mol. The van der Waals surface area contributed by atoms with Crippen LogP contribution in [0, 0.1) is 5.92 Å². The van der Waals surface area contributed by atoms with E-state index >= 15 is 0 Å². The lowest BCUT2D eigenvalue weighted by Gasteiger charge is -2.27. The molecule has 2 N–H and O–H groups in total. The van der Waals surface area contributed by atoms with E-state index in [4.69, 9.17) is 5.73 Å². The van der Waals surface area contributed by atoms with Gasteiger partial charge in [-0.1, -0.05) is 31.2 Å². The molecule has 0 amide bonds. The van der Waals surface area contributed by atoms with Crippen molar-refractivity contribution >= 4 is 0 Å². The second kappa shape index (κ2) is 2.91. The Morgan fingerprint density at radius 1 is 1.17 bits per heavy atom. The first-order valence-corrected chi connectivity index (χ1v) is 4.59. The molecule has 0 radical (unpaired) electrons. The van der Waals surface area contributed by atoms with Crippen molar-refractivity contribution in [2.24, 2.45) is 11.7 Å². The molecule has 1 aromatic rings. The van der Waals surface area contributed by atoms with Crippen molar-refractivity contribution in [1.82, 2.24) is 0 Å². The molecule has 1 heteroatoms. The monoisotopic (exact) mass is 161 g/mol. The number of hydrogen-bond donors (Lipinski definition) is 1. The van der Waals surface area contributed by atoms with Crippen molar-refractivity contribution in [1.29, 1.82) is 0 Å². The molecule has 12 heavy (non-hydrogen) atoms. The fourth-order valence-corrected chi connectivity index (χ4v) is 1.91. The Balaban J connectivity index is 2.34. The van der Waals surface area contributed by atoms with Crippen molar-refractivity contribution in [2.75, 3.05) is 0 Å². The molecule has 2 atom stereocenters.